The molecule has 3 nitrogen and oxygen atoms in total. The van der Waals surface area contributed by atoms with Crippen LogP contribution < -0.4 is 5.32 Å². The molecule has 1 aliphatic heterocycles. The van der Waals surface area contributed by atoms with Crippen LogP contribution in [0.25, 0.3) is 0 Å². The van der Waals surface area contributed by atoms with Crippen molar-refractivity contribution in [3.8, 4) is 5.75 Å². The van der Waals surface area contributed by atoms with Crippen LogP contribution in [0.5, 0.6) is 5.75 Å². The highest BCUT2D eigenvalue weighted by Crippen LogP contribution is 2.22. The molecule has 0 amide bonds. The molecule has 1 aromatic carbocycles. The van der Waals surface area contributed by atoms with Crippen molar-refractivity contribution in [2.24, 2.45) is 0 Å². The number of phenols is 1. The zero-order chi connectivity index (χ0) is 11.5. The summed E-state index contributed by atoms with van der Waals surface area (Å²) in [6, 6.07) is 5.72. The highest BCUT2D eigenvalue weighted by Gasteiger charge is 2.23. The predicted octanol–water partition coefficient (Wildman–Crippen LogP) is 2.42. The van der Waals surface area contributed by atoms with Gasteiger partial charge in [0.1, 0.15) is 5.75 Å². The molecule has 4 heteroatoms. The Morgan fingerprint density at radius 3 is 3.06 bits per heavy atom. The second-order valence-corrected chi connectivity index (χ2v) is 4.98. The topological polar surface area (TPSA) is 41.5 Å². The lowest BCUT2D eigenvalue weighted by Gasteiger charge is -2.16. The molecule has 16 heavy (non-hydrogen) atoms. The maximum atomic E-state index is 9.41. The number of rotatable bonds is 3. The summed E-state index contributed by atoms with van der Waals surface area (Å²) in [4.78, 5) is 0. The van der Waals surface area contributed by atoms with E-state index in [2.05, 4.69) is 28.2 Å². The Hall–Kier alpha value is -0.580. The summed E-state index contributed by atoms with van der Waals surface area (Å²) in [5.74, 6) is 0.302. The molecule has 0 spiro atoms. The van der Waals surface area contributed by atoms with Crippen molar-refractivity contribution in [2.75, 3.05) is 6.61 Å². The average molecular weight is 286 g/mol. The van der Waals surface area contributed by atoms with Crippen molar-refractivity contribution in [3.05, 3.63) is 28.2 Å². The van der Waals surface area contributed by atoms with Gasteiger partial charge >= 0.3 is 0 Å². The van der Waals surface area contributed by atoms with E-state index in [1.807, 2.05) is 6.07 Å². The molecule has 2 rings (SSSR count). The summed E-state index contributed by atoms with van der Waals surface area (Å²) in [5, 5.41) is 12.9. The molecule has 0 bridgehead atoms. The Labute approximate surface area is 104 Å². The molecule has 1 fully saturated rings. The normalized spacial score (nSPS) is 24.9. The first kappa shape index (κ1) is 11.9. The van der Waals surface area contributed by atoms with Crippen LogP contribution in [0.4, 0.5) is 0 Å². The molecule has 0 radical (unpaired) electrons. The van der Waals surface area contributed by atoms with Gasteiger partial charge in [-0.15, -0.1) is 0 Å². The van der Waals surface area contributed by atoms with Gasteiger partial charge in [-0.3, -0.25) is 0 Å². The summed E-state index contributed by atoms with van der Waals surface area (Å²) < 4.78 is 6.50. The molecule has 1 saturated heterocycles. The highest BCUT2D eigenvalue weighted by atomic mass is 79.9. The smallest absolute Gasteiger partial charge is 0.115 e. The van der Waals surface area contributed by atoms with Crippen molar-refractivity contribution in [1.82, 2.24) is 5.32 Å². The lowest BCUT2D eigenvalue weighted by atomic mass is 10.1. The van der Waals surface area contributed by atoms with Gasteiger partial charge in [-0.2, -0.15) is 0 Å². The van der Waals surface area contributed by atoms with Crippen LogP contribution in [0.1, 0.15) is 18.9 Å². The van der Waals surface area contributed by atoms with Gasteiger partial charge in [-0.05, 0) is 37.1 Å². The maximum Gasteiger partial charge on any atom is 0.115 e. The third-order valence-corrected chi connectivity index (χ3v) is 3.73. The Morgan fingerprint density at radius 1 is 1.56 bits per heavy atom. The minimum Gasteiger partial charge on any atom is -0.508 e. The van der Waals surface area contributed by atoms with Crippen molar-refractivity contribution in [3.63, 3.8) is 0 Å². The van der Waals surface area contributed by atoms with Gasteiger partial charge in [0.25, 0.3) is 0 Å². The van der Waals surface area contributed by atoms with Gasteiger partial charge < -0.3 is 15.2 Å². The molecule has 2 N–H and O–H groups in total. The number of hydrogen-bond acceptors (Lipinski definition) is 3. The Kier molecular flexibility index (Phi) is 3.84. The summed E-state index contributed by atoms with van der Waals surface area (Å²) >= 11 is 3.47. The van der Waals surface area contributed by atoms with Crippen LogP contribution in [-0.4, -0.2) is 23.9 Å². The zero-order valence-corrected chi connectivity index (χ0v) is 10.8. The summed E-state index contributed by atoms with van der Waals surface area (Å²) in [7, 11) is 0. The maximum absolute atomic E-state index is 9.41. The fraction of sp³-hybridized carbons (Fsp3) is 0.500. The van der Waals surface area contributed by atoms with Crippen LogP contribution in [0, 0.1) is 0 Å². The van der Waals surface area contributed by atoms with Gasteiger partial charge in [-0.25, -0.2) is 0 Å². The van der Waals surface area contributed by atoms with E-state index in [4.69, 9.17) is 4.74 Å². The minimum atomic E-state index is 0.274. The third-order valence-electron chi connectivity index (χ3n) is 2.96. The standard InChI is InChI=1S/C12H16BrNO2/c1-8-12(4-5-16-8)14-7-9-6-10(15)2-3-11(9)13/h2-3,6,8,12,14-15H,4-5,7H2,1H3. The Balaban J connectivity index is 1.96. The number of benzene rings is 1. The molecule has 1 aromatic rings. The van der Waals surface area contributed by atoms with Gasteiger partial charge in [-0.1, -0.05) is 15.9 Å². The lowest BCUT2D eigenvalue weighted by Crippen LogP contribution is -2.34. The van der Waals surface area contributed by atoms with Crippen LogP contribution >= 0.6 is 15.9 Å². The largest absolute Gasteiger partial charge is 0.508 e. The van der Waals surface area contributed by atoms with Crippen molar-refractivity contribution >= 4 is 15.9 Å². The number of nitrogens with one attached hydrogen (secondary N) is 1. The molecule has 0 aromatic heterocycles. The third kappa shape index (κ3) is 2.75. The average Bonchev–Trinajstić information content (AvgIpc) is 2.66. The van der Waals surface area contributed by atoms with Gasteiger partial charge in [0.15, 0.2) is 0 Å². The number of phenolic OH excluding ortho intramolecular Hbond substituents is 1. The van der Waals surface area contributed by atoms with E-state index in [1.54, 1.807) is 12.1 Å². The molecule has 1 aliphatic rings. The quantitative estimate of drug-likeness (QED) is 0.896. The molecule has 1 heterocycles. The highest BCUT2D eigenvalue weighted by molar-refractivity contribution is 9.10. The van der Waals surface area contributed by atoms with E-state index in [0.717, 1.165) is 29.6 Å². The number of hydrogen-bond donors (Lipinski definition) is 2. The summed E-state index contributed by atoms with van der Waals surface area (Å²) in [6.07, 6.45) is 1.33. The predicted molar refractivity (Wildman–Crippen MR) is 66.5 cm³/mol. The zero-order valence-electron chi connectivity index (χ0n) is 9.24. The van der Waals surface area contributed by atoms with E-state index in [-0.39, 0.29) is 6.10 Å². The summed E-state index contributed by atoms with van der Waals surface area (Å²) in [5.41, 5.74) is 1.07. The number of halogens is 1. The molecular weight excluding hydrogens is 270 g/mol. The second kappa shape index (κ2) is 5.17. The molecule has 0 saturated carbocycles. The van der Waals surface area contributed by atoms with E-state index < -0.39 is 0 Å². The Morgan fingerprint density at radius 2 is 2.38 bits per heavy atom. The van der Waals surface area contributed by atoms with E-state index in [1.165, 1.54) is 0 Å². The SMILES string of the molecule is CC1OCCC1NCc1cc(O)ccc1Br. The number of ether oxygens (including phenoxy) is 1. The first-order valence-electron chi connectivity index (χ1n) is 5.49. The fourth-order valence-electron chi connectivity index (χ4n) is 1.94. The van der Waals surface area contributed by atoms with Crippen LogP contribution in [0.2, 0.25) is 0 Å². The van der Waals surface area contributed by atoms with Crippen LogP contribution in [0.3, 0.4) is 0 Å². The first-order valence-corrected chi connectivity index (χ1v) is 6.28. The van der Waals surface area contributed by atoms with Crippen LogP contribution in [-0.2, 0) is 11.3 Å². The number of aromatic hydroxyl groups is 1. The van der Waals surface area contributed by atoms with E-state index >= 15 is 0 Å². The summed E-state index contributed by atoms with van der Waals surface area (Å²) in [6.45, 7) is 3.66. The second-order valence-electron chi connectivity index (χ2n) is 4.13. The first-order chi connectivity index (χ1) is 7.66. The van der Waals surface area contributed by atoms with Crippen molar-refractivity contribution in [2.45, 2.75) is 32.0 Å². The molecule has 2 atom stereocenters. The van der Waals surface area contributed by atoms with Crippen LogP contribution in [0.15, 0.2) is 22.7 Å². The lowest BCUT2D eigenvalue weighted by molar-refractivity contribution is 0.113. The fourth-order valence-corrected chi connectivity index (χ4v) is 2.32. The monoisotopic (exact) mass is 285 g/mol. The van der Waals surface area contributed by atoms with Crippen molar-refractivity contribution in [1.29, 1.82) is 0 Å². The van der Waals surface area contributed by atoms with Crippen molar-refractivity contribution < 1.29 is 9.84 Å². The van der Waals surface area contributed by atoms with Gasteiger partial charge in [0.2, 0.25) is 0 Å². The van der Waals surface area contributed by atoms with E-state index in [0.29, 0.717) is 11.8 Å². The molecule has 88 valence electrons. The molecule has 2 unspecified atom stereocenters. The molecule has 0 aliphatic carbocycles. The molecular formula is C12H16BrNO2. The van der Waals surface area contributed by atoms with E-state index in [9.17, 15) is 5.11 Å². The van der Waals surface area contributed by atoms with Gasteiger partial charge in [0, 0.05) is 23.7 Å². The minimum absolute atomic E-state index is 0.274. The van der Waals surface area contributed by atoms with Gasteiger partial charge in [0.05, 0.1) is 6.10 Å². The Bertz CT molecular complexity index is 370.